The lowest BCUT2D eigenvalue weighted by Crippen LogP contribution is -2.63. The van der Waals surface area contributed by atoms with E-state index >= 15 is 0 Å². The molecule has 206 valence electrons. The molecule has 2 rings (SSSR count). The number of nitrogens with one attached hydrogen (secondary N) is 2. The van der Waals surface area contributed by atoms with Gasteiger partial charge in [-0.05, 0) is 58.1 Å². The predicted octanol–water partition coefficient (Wildman–Crippen LogP) is 2.35. The summed E-state index contributed by atoms with van der Waals surface area (Å²) in [6, 6.07) is 1.34. The molecule has 0 heterocycles. The van der Waals surface area contributed by atoms with E-state index in [1.807, 2.05) is 6.92 Å². The van der Waals surface area contributed by atoms with E-state index in [0.717, 1.165) is 31.7 Å². The Morgan fingerprint density at radius 1 is 1.14 bits per heavy atom. The normalized spacial score (nSPS) is 17.4. The minimum absolute atomic E-state index is 0.0164. The van der Waals surface area contributed by atoms with Gasteiger partial charge in [0.15, 0.2) is 11.6 Å². The number of anilines is 1. The fraction of sp³-hybridized carbons (Fsp3) is 0.654. The number of nitrogen functional groups attached to an aromatic ring is 1. The monoisotopic (exact) mass is 518 g/mol. The van der Waals surface area contributed by atoms with E-state index in [9.17, 15) is 24.5 Å². The molecule has 0 spiro atoms. The van der Waals surface area contributed by atoms with Gasteiger partial charge in [0.1, 0.15) is 0 Å². The summed E-state index contributed by atoms with van der Waals surface area (Å²) in [5.41, 5.74) is 16.7. The second-order valence-electron chi connectivity index (χ2n) is 10.0. The molecule has 1 aliphatic rings. The fourth-order valence-corrected chi connectivity index (χ4v) is 5.01. The molecule has 0 aromatic heterocycles. The van der Waals surface area contributed by atoms with Crippen molar-refractivity contribution in [2.45, 2.75) is 102 Å². The van der Waals surface area contributed by atoms with Crippen LogP contribution in [0.15, 0.2) is 18.2 Å². The number of nitro benzene ring substituents is 1. The number of non-ortho nitro benzene ring substituents is 1. The zero-order valence-corrected chi connectivity index (χ0v) is 22.0. The summed E-state index contributed by atoms with van der Waals surface area (Å²) in [4.78, 5) is 50.6. The molecule has 0 aliphatic heterocycles. The van der Waals surface area contributed by atoms with Crippen molar-refractivity contribution in [1.29, 1.82) is 0 Å². The second-order valence-corrected chi connectivity index (χ2v) is 10.0. The SMILES string of the molecule is CCC[C@@H](N)C(=O)C1(NC(C)C(=O)NC(CCCCN)C(=O)c2cc([N+](=O)[O-])ccc2N)CCCCC1. The van der Waals surface area contributed by atoms with Gasteiger partial charge in [-0.3, -0.25) is 29.8 Å². The maximum Gasteiger partial charge on any atom is 0.270 e. The number of nitrogens with two attached hydrogens (primary N) is 3. The number of unbranched alkanes of at least 4 members (excludes halogenated alkanes) is 1. The van der Waals surface area contributed by atoms with E-state index in [1.165, 1.54) is 12.1 Å². The van der Waals surface area contributed by atoms with Crippen LogP contribution in [0.5, 0.6) is 0 Å². The van der Waals surface area contributed by atoms with Gasteiger partial charge in [0.25, 0.3) is 5.69 Å². The third kappa shape index (κ3) is 8.05. The molecule has 37 heavy (non-hydrogen) atoms. The number of nitro groups is 1. The number of Topliss-reactive ketones (excluding diaryl/α,β-unsaturated/α-hetero) is 2. The van der Waals surface area contributed by atoms with Gasteiger partial charge in [-0.15, -0.1) is 0 Å². The van der Waals surface area contributed by atoms with Crippen LogP contribution in [0.4, 0.5) is 11.4 Å². The van der Waals surface area contributed by atoms with E-state index in [2.05, 4.69) is 10.6 Å². The van der Waals surface area contributed by atoms with Crippen molar-refractivity contribution in [3.8, 4) is 0 Å². The van der Waals surface area contributed by atoms with Gasteiger partial charge in [-0.25, -0.2) is 0 Å². The van der Waals surface area contributed by atoms with Gasteiger partial charge in [-0.1, -0.05) is 32.6 Å². The second kappa shape index (κ2) is 14.2. The summed E-state index contributed by atoms with van der Waals surface area (Å²) in [7, 11) is 0. The lowest BCUT2D eigenvalue weighted by molar-refractivity contribution is -0.384. The van der Waals surface area contributed by atoms with Crippen LogP contribution in [0, 0.1) is 10.1 Å². The molecule has 3 atom stereocenters. The third-order valence-electron chi connectivity index (χ3n) is 7.09. The number of hydrogen-bond donors (Lipinski definition) is 5. The van der Waals surface area contributed by atoms with Crippen LogP contribution in [0.2, 0.25) is 0 Å². The summed E-state index contributed by atoms with van der Waals surface area (Å²) in [5, 5.41) is 17.3. The molecule has 11 nitrogen and oxygen atoms in total. The summed E-state index contributed by atoms with van der Waals surface area (Å²) >= 11 is 0. The minimum Gasteiger partial charge on any atom is -0.398 e. The number of nitrogens with zero attached hydrogens (tertiary/aromatic N) is 1. The van der Waals surface area contributed by atoms with Crippen molar-refractivity contribution in [3.05, 3.63) is 33.9 Å². The number of carbonyl (C=O) groups excluding carboxylic acids is 3. The van der Waals surface area contributed by atoms with Crippen LogP contribution < -0.4 is 27.8 Å². The Balaban J connectivity index is 2.24. The Morgan fingerprint density at radius 2 is 1.81 bits per heavy atom. The Bertz CT molecular complexity index is 963. The highest BCUT2D eigenvalue weighted by molar-refractivity contribution is 6.06. The Hall–Kier alpha value is -2.89. The van der Waals surface area contributed by atoms with E-state index in [4.69, 9.17) is 17.2 Å². The Morgan fingerprint density at radius 3 is 2.41 bits per heavy atom. The molecule has 2 unspecified atom stereocenters. The number of ketones is 2. The van der Waals surface area contributed by atoms with Gasteiger partial charge in [0.2, 0.25) is 5.91 Å². The molecule has 0 radical (unpaired) electrons. The maximum absolute atomic E-state index is 13.4. The average Bonchev–Trinajstić information content (AvgIpc) is 2.88. The topological polar surface area (TPSA) is 196 Å². The first-order chi connectivity index (χ1) is 17.6. The molecule has 1 fully saturated rings. The van der Waals surface area contributed by atoms with Gasteiger partial charge in [-0.2, -0.15) is 0 Å². The highest BCUT2D eigenvalue weighted by Crippen LogP contribution is 2.31. The molecular weight excluding hydrogens is 476 g/mol. The number of benzene rings is 1. The van der Waals surface area contributed by atoms with Crippen LogP contribution in [-0.4, -0.2) is 52.6 Å². The smallest absolute Gasteiger partial charge is 0.270 e. The number of rotatable bonds is 15. The Kier molecular flexibility index (Phi) is 11.6. The number of amides is 1. The van der Waals surface area contributed by atoms with Crippen molar-refractivity contribution in [3.63, 3.8) is 0 Å². The van der Waals surface area contributed by atoms with Crippen molar-refractivity contribution in [2.24, 2.45) is 11.5 Å². The first-order valence-electron chi connectivity index (χ1n) is 13.2. The maximum atomic E-state index is 13.4. The molecule has 1 saturated carbocycles. The zero-order valence-electron chi connectivity index (χ0n) is 22.0. The van der Waals surface area contributed by atoms with Crippen LogP contribution in [0.25, 0.3) is 0 Å². The van der Waals surface area contributed by atoms with Crippen molar-refractivity contribution in [2.75, 3.05) is 12.3 Å². The molecule has 11 heteroatoms. The molecule has 1 aliphatic carbocycles. The molecular formula is C26H42N6O5. The molecule has 8 N–H and O–H groups in total. The standard InChI is InChI=1S/C26H42N6O5/c1-3-9-21(29)24(34)26(13-6-4-7-14-26)31-17(2)25(35)30-22(10-5-8-15-27)23(33)19-16-18(32(36)37)11-12-20(19)28/h11-12,16-17,21-22,31H,3-10,13-15,27-29H2,1-2H3,(H,30,35)/t17?,21-,22?/m1/s1. The van der Waals surface area contributed by atoms with Crippen molar-refractivity contribution in [1.82, 2.24) is 10.6 Å². The summed E-state index contributed by atoms with van der Waals surface area (Å²) < 4.78 is 0. The molecule has 0 saturated heterocycles. The Labute approximate surface area is 218 Å². The van der Waals surface area contributed by atoms with Crippen LogP contribution in [0.3, 0.4) is 0 Å². The van der Waals surface area contributed by atoms with E-state index in [-0.39, 0.29) is 22.7 Å². The van der Waals surface area contributed by atoms with Crippen LogP contribution >= 0.6 is 0 Å². The summed E-state index contributed by atoms with van der Waals surface area (Å²) in [6.07, 6.45) is 6.80. The molecule has 0 bridgehead atoms. The highest BCUT2D eigenvalue weighted by atomic mass is 16.6. The minimum atomic E-state index is -0.951. The van der Waals surface area contributed by atoms with E-state index in [0.29, 0.717) is 45.1 Å². The lowest BCUT2D eigenvalue weighted by Gasteiger charge is -2.40. The van der Waals surface area contributed by atoms with E-state index < -0.39 is 40.3 Å². The molecule has 1 aromatic carbocycles. The van der Waals surface area contributed by atoms with Crippen LogP contribution in [-0.2, 0) is 9.59 Å². The zero-order chi connectivity index (χ0) is 27.6. The molecule has 1 amide bonds. The van der Waals surface area contributed by atoms with Crippen molar-refractivity contribution < 1.29 is 19.3 Å². The summed E-state index contributed by atoms with van der Waals surface area (Å²) in [5.74, 6) is -1.03. The quantitative estimate of drug-likeness (QED) is 0.0760. The fourth-order valence-electron chi connectivity index (χ4n) is 5.01. The van der Waals surface area contributed by atoms with Gasteiger partial charge >= 0.3 is 0 Å². The average molecular weight is 519 g/mol. The van der Waals surface area contributed by atoms with Crippen molar-refractivity contribution >= 4 is 28.8 Å². The first-order valence-corrected chi connectivity index (χ1v) is 13.2. The molecule has 1 aromatic rings. The summed E-state index contributed by atoms with van der Waals surface area (Å²) in [6.45, 7) is 4.06. The number of hydrogen-bond acceptors (Lipinski definition) is 9. The van der Waals surface area contributed by atoms with E-state index in [1.54, 1.807) is 6.92 Å². The lowest BCUT2D eigenvalue weighted by atomic mass is 9.75. The first kappa shape index (κ1) is 30.3. The van der Waals surface area contributed by atoms with Gasteiger partial charge in [0, 0.05) is 23.4 Å². The van der Waals surface area contributed by atoms with Gasteiger partial charge in [0.05, 0.1) is 28.6 Å². The van der Waals surface area contributed by atoms with Gasteiger partial charge < -0.3 is 22.5 Å². The largest absolute Gasteiger partial charge is 0.398 e. The highest BCUT2D eigenvalue weighted by Gasteiger charge is 2.43. The third-order valence-corrected chi connectivity index (χ3v) is 7.09. The predicted molar refractivity (Wildman–Crippen MR) is 143 cm³/mol. The van der Waals surface area contributed by atoms with Crippen LogP contribution in [0.1, 0.15) is 88.4 Å². The number of carbonyl (C=O) groups is 3.